The fraction of sp³-hybridized carbons (Fsp3) is 0.500. The van der Waals surface area contributed by atoms with Crippen molar-refractivity contribution in [3.63, 3.8) is 0 Å². The molecule has 0 spiro atoms. The number of aromatic nitrogens is 3. The number of hydrogen-bond acceptors (Lipinski definition) is 6. The lowest BCUT2D eigenvalue weighted by molar-refractivity contribution is 0.233. The quantitative estimate of drug-likeness (QED) is 0.842. The molecular formula is C16H23N5O3S. The lowest BCUT2D eigenvalue weighted by atomic mass is 10.1. The maximum absolute atomic E-state index is 12.9. The van der Waals surface area contributed by atoms with Gasteiger partial charge in [0.15, 0.2) is 5.82 Å². The summed E-state index contributed by atoms with van der Waals surface area (Å²) >= 11 is 0. The first kappa shape index (κ1) is 17.8. The molecule has 1 fully saturated rings. The number of hydrogen-bond donors (Lipinski definition) is 1. The molecule has 3 rings (SSSR count). The Morgan fingerprint density at radius 3 is 2.64 bits per heavy atom. The van der Waals surface area contributed by atoms with Crippen LogP contribution < -0.4 is 10.1 Å². The molecule has 2 aromatic rings. The molecule has 0 bridgehead atoms. The average Bonchev–Trinajstić information content (AvgIpc) is 3.01. The van der Waals surface area contributed by atoms with Crippen LogP contribution in [0.5, 0.6) is 5.75 Å². The number of benzene rings is 1. The van der Waals surface area contributed by atoms with E-state index in [1.165, 1.54) is 6.33 Å². The molecule has 1 aliphatic heterocycles. The maximum Gasteiger partial charge on any atom is 0.243 e. The zero-order valence-electron chi connectivity index (χ0n) is 14.6. The first-order valence-electron chi connectivity index (χ1n) is 8.20. The van der Waals surface area contributed by atoms with Gasteiger partial charge in [-0.25, -0.2) is 13.4 Å². The summed E-state index contributed by atoms with van der Waals surface area (Å²) in [6, 6.07) is 6.53. The SMILES string of the molecule is CC1NCCN(S(=O)(=O)c2ccc(OCc3ncnn3C)cc2)C1C. The van der Waals surface area contributed by atoms with Crippen molar-refractivity contribution in [2.45, 2.75) is 37.4 Å². The largest absolute Gasteiger partial charge is 0.486 e. The molecule has 2 unspecified atom stereocenters. The molecule has 2 heterocycles. The maximum atomic E-state index is 12.9. The van der Waals surface area contributed by atoms with E-state index in [2.05, 4.69) is 15.4 Å². The van der Waals surface area contributed by atoms with Crippen LogP contribution in [0.1, 0.15) is 19.7 Å². The molecule has 1 N–H and O–H groups in total. The van der Waals surface area contributed by atoms with E-state index in [0.717, 1.165) is 0 Å². The first-order chi connectivity index (χ1) is 11.9. The Morgan fingerprint density at radius 1 is 1.28 bits per heavy atom. The Kier molecular flexibility index (Phi) is 5.07. The van der Waals surface area contributed by atoms with E-state index < -0.39 is 10.0 Å². The highest BCUT2D eigenvalue weighted by Crippen LogP contribution is 2.23. The number of rotatable bonds is 5. The van der Waals surface area contributed by atoms with E-state index >= 15 is 0 Å². The van der Waals surface area contributed by atoms with E-state index in [4.69, 9.17) is 4.74 Å². The smallest absolute Gasteiger partial charge is 0.243 e. The molecular weight excluding hydrogens is 342 g/mol. The van der Waals surface area contributed by atoms with Crippen LogP contribution >= 0.6 is 0 Å². The molecule has 9 heteroatoms. The van der Waals surface area contributed by atoms with E-state index in [1.54, 1.807) is 40.3 Å². The number of sulfonamides is 1. The van der Waals surface area contributed by atoms with Crippen molar-refractivity contribution in [2.24, 2.45) is 7.05 Å². The highest BCUT2D eigenvalue weighted by atomic mass is 32.2. The van der Waals surface area contributed by atoms with E-state index in [1.807, 2.05) is 13.8 Å². The molecule has 0 amide bonds. The van der Waals surface area contributed by atoms with Gasteiger partial charge in [-0.3, -0.25) is 4.68 Å². The topological polar surface area (TPSA) is 89.3 Å². The minimum Gasteiger partial charge on any atom is -0.486 e. The number of ether oxygens (including phenoxy) is 1. The molecule has 25 heavy (non-hydrogen) atoms. The van der Waals surface area contributed by atoms with Crippen molar-refractivity contribution < 1.29 is 13.2 Å². The van der Waals surface area contributed by atoms with Crippen LogP contribution in [0, 0.1) is 0 Å². The fourth-order valence-electron chi connectivity index (χ4n) is 2.81. The summed E-state index contributed by atoms with van der Waals surface area (Å²) in [5, 5.41) is 7.27. The van der Waals surface area contributed by atoms with E-state index in [-0.39, 0.29) is 23.6 Å². The third-order valence-electron chi connectivity index (χ3n) is 4.58. The molecule has 1 saturated heterocycles. The summed E-state index contributed by atoms with van der Waals surface area (Å²) in [4.78, 5) is 4.36. The van der Waals surface area contributed by atoms with Crippen LogP contribution in [-0.4, -0.2) is 52.7 Å². The van der Waals surface area contributed by atoms with Gasteiger partial charge in [0.2, 0.25) is 10.0 Å². The zero-order valence-corrected chi connectivity index (χ0v) is 15.4. The second-order valence-corrected chi connectivity index (χ2v) is 8.05. The number of piperazine rings is 1. The molecule has 1 aliphatic rings. The molecule has 0 saturated carbocycles. The predicted molar refractivity (Wildman–Crippen MR) is 92.6 cm³/mol. The Bertz CT molecular complexity index is 819. The second-order valence-electron chi connectivity index (χ2n) is 6.16. The lowest BCUT2D eigenvalue weighted by Crippen LogP contribution is -2.57. The van der Waals surface area contributed by atoms with Gasteiger partial charge in [-0.05, 0) is 38.1 Å². The molecule has 2 atom stereocenters. The number of nitrogens with one attached hydrogen (secondary N) is 1. The minimum atomic E-state index is -3.51. The van der Waals surface area contributed by atoms with Gasteiger partial charge in [0.05, 0.1) is 4.90 Å². The van der Waals surface area contributed by atoms with Crippen LogP contribution in [0.25, 0.3) is 0 Å². The van der Waals surface area contributed by atoms with E-state index in [0.29, 0.717) is 24.7 Å². The third-order valence-corrected chi connectivity index (χ3v) is 6.58. The van der Waals surface area contributed by atoms with Gasteiger partial charge in [0, 0.05) is 32.2 Å². The second kappa shape index (κ2) is 7.11. The highest BCUT2D eigenvalue weighted by Gasteiger charge is 2.34. The van der Waals surface area contributed by atoms with Gasteiger partial charge in [-0.1, -0.05) is 0 Å². The normalized spacial score (nSPS) is 22.0. The summed E-state index contributed by atoms with van der Waals surface area (Å²) in [7, 11) is -1.73. The summed E-state index contributed by atoms with van der Waals surface area (Å²) < 4.78 is 34.6. The van der Waals surface area contributed by atoms with Crippen molar-refractivity contribution >= 4 is 10.0 Å². The molecule has 1 aromatic carbocycles. The first-order valence-corrected chi connectivity index (χ1v) is 9.64. The summed E-state index contributed by atoms with van der Waals surface area (Å²) in [6.45, 7) is 5.32. The van der Waals surface area contributed by atoms with Crippen molar-refractivity contribution in [1.82, 2.24) is 24.4 Å². The Labute approximate surface area is 147 Å². The van der Waals surface area contributed by atoms with Gasteiger partial charge in [0.25, 0.3) is 0 Å². The van der Waals surface area contributed by atoms with Crippen molar-refractivity contribution in [3.05, 3.63) is 36.4 Å². The number of nitrogens with zero attached hydrogens (tertiary/aromatic N) is 4. The van der Waals surface area contributed by atoms with Crippen LogP contribution in [-0.2, 0) is 23.7 Å². The van der Waals surface area contributed by atoms with Gasteiger partial charge >= 0.3 is 0 Å². The zero-order chi connectivity index (χ0) is 18.0. The Balaban J connectivity index is 1.71. The summed E-state index contributed by atoms with van der Waals surface area (Å²) in [5.41, 5.74) is 0. The fourth-order valence-corrected chi connectivity index (χ4v) is 4.51. The van der Waals surface area contributed by atoms with Gasteiger partial charge < -0.3 is 10.1 Å². The van der Waals surface area contributed by atoms with Crippen LogP contribution in [0.3, 0.4) is 0 Å². The van der Waals surface area contributed by atoms with Gasteiger partial charge in [0.1, 0.15) is 18.7 Å². The lowest BCUT2D eigenvalue weighted by Gasteiger charge is -2.37. The van der Waals surface area contributed by atoms with Gasteiger partial charge in [-0.15, -0.1) is 0 Å². The third kappa shape index (κ3) is 3.68. The highest BCUT2D eigenvalue weighted by molar-refractivity contribution is 7.89. The van der Waals surface area contributed by atoms with Crippen LogP contribution in [0.4, 0.5) is 0 Å². The van der Waals surface area contributed by atoms with E-state index in [9.17, 15) is 8.42 Å². The predicted octanol–water partition coefficient (Wildman–Crippen LogP) is 0.765. The molecule has 0 aliphatic carbocycles. The summed E-state index contributed by atoms with van der Waals surface area (Å²) in [5.74, 6) is 1.28. The van der Waals surface area contributed by atoms with Crippen LogP contribution in [0.2, 0.25) is 0 Å². The molecule has 1 aromatic heterocycles. The number of aryl methyl sites for hydroxylation is 1. The average molecular weight is 365 g/mol. The molecule has 136 valence electrons. The van der Waals surface area contributed by atoms with Crippen molar-refractivity contribution in [2.75, 3.05) is 13.1 Å². The Hall–Kier alpha value is -1.97. The monoisotopic (exact) mass is 365 g/mol. The molecule has 8 nitrogen and oxygen atoms in total. The standard InChI is InChI=1S/C16H23N5O3S/c1-12-13(2)21(9-8-17-12)25(22,23)15-6-4-14(5-7-15)24-10-16-18-11-19-20(16)3/h4-7,11-13,17H,8-10H2,1-3H3. The minimum absolute atomic E-state index is 0.0920. The van der Waals surface area contributed by atoms with Crippen molar-refractivity contribution in [3.8, 4) is 5.75 Å². The molecule has 0 radical (unpaired) electrons. The van der Waals surface area contributed by atoms with Crippen LogP contribution in [0.15, 0.2) is 35.5 Å². The van der Waals surface area contributed by atoms with Gasteiger partial charge in [-0.2, -0.15) is 9.40 Å². The Morgan fingerprint density at radius 2 is 2.00 bits per heavy atom. The van der Waals surface area contributed by atoms with Crippen molar-refractivity contribution in [1.29, 1.82) is 0 Å². The summed E-state index contributed by atoms with van der Waals surface area (Å²) in [6.07, 6.45) is 1.46.